The lowest BCUT2D eigenvalue weighted by Gasteiger charge is -2.39. The van der Waals surface area contributed by atoms with Gasteiger partial charge in [-0.1, -0.05) is 120 Å². The molecule has 12 atom stereocenters. The third kappa shape index (κ3) is 24.2. The van der Waals surface area contributed by atoms with Gasteiger partial charge in [-0.05, 0) is 114 Å². The van der Waals surface area contributed by atoms with Gasteiger partial charge in [0.25, 0.3) is 0 Å². The Kier molecular flexibility index (Phi) is 32.2. The lowest BCUT2D eigenvalue weighted by molar-refractivity contribution is -0.152. The minimum atomic E-state index is -1.78. The standard InChI is InChI=1S/C74H111ClN12O15/c1-44(2)36-56-64(91)79-55(43-102-74(9,10)11)69(96)84(15)58(38-50-30-23-19-24-31-50)72(99)86(17)62(45(3)4)66(93)77-53(71(98)87-34-25-20-26-35-87)40-59(89)76-47(7)68(95)83(14)57(37-49-28-21-18-22-29-49)65(92)78-54(42-101-52-33-27-32-51(75)39-52)70(97)85(16)63(46(5)6)67(94)80-61(48(8)88)73(100)81(12)41-60(90)82(56)13/h18-19,21-24,27-33,39,44-48,53-58,61-63,70,88,97H,20,25-26,34-38,40-43H2,1-17H3,(H,76,89)(H,77,93)(H,78,92)(H,79,91)(H,80,94)/t47-,48-,53+,54?,55+,56+,57+,58+,61+,62+,63+,70?/m1/s1. The molecule has 0 radical (unpaired) electrons. The number of ether oxygens (including phenoxy) is 2. The first-order valence-electron chi connectivity index (χ1n) is 35.1. The van der Waals surface area contributed by atoms with E-state index in [0.29, 0.717) is 42.1 Å². The fourth-order valence-corrected chi connectivity index (χ4v) is 12.9. The summed E-state index contributed by atoms with van der Waals surface area (Å²) in [6.45, 7) is 17.4. The Labute approximate surface area is 606 Å². The van der Waals surface area contributed by atoms with Crippen molar-refractivity contribution in [3.8, 4) is 5.75 Å². The van der Waals surface area contributed by atoms with Gasteiger partial charge in [0.15, 0.2) is 0 Å². The predicted octanol–water partition coefficient (Wildman–Crippen LogP) is 3.00. The van der Waals surface area contributed by atoms with Gasteiger partial charge in [-0.15, -0.1) is 0 Å². The molecular weight excluding hydrogens is 1330 g/mol. The van der Waals surface area contributed by atoms with Crippen LogP contribution < -0.4 is 31.3 Å². The van der Waals surface area contributed by atoms with E-state index in [2.05, 4.69) is 26.6 Å². The Morgan fingerprint density at radius 1 is 0.598 bits per heavy atom. The van der Waals surface area contributed by atoms with Crippen molar-refractivity contribution in [2.24, 2.45) is 17.8 Å². The zero-order chi connectivity index (χ0) is 76.2. The number of hydrogen-bond acceptors (Lipinski definition) is 16. The van der Waals surface area contributed by atoms with E-state index >= 15 is 19.2 Å². The van der Waals surface area contributed by atoms with Crippen LogP contribution in [0.4, 0.5) is 0 Å². The molecule has 7 N–H and O–H groups in total. The monoisotopic (exact) mass is 1440 g/mol. The SMILES string of the molecule is CC(C)C[C@H]1C(=O)N[C@@H](COC(C)(C)C)C(=O)N(C)[C@@H](Cc2ccccc2)C(=O)N(C)[C@@H](C(C)C)C(=O)N[C@H](C(=O)N2CCCCC2)CC(=O)N[C@H](C)C(=O)N(C)[C@@H](Cc2ccccc2)C(=O)NC(COc2cccc(Cl)c2)C(O)N(C)[C@@H](C(C)C)C(=O)N[C@@H]([C@@H](C)O)C(=O)N(C)CC(=O)N1C. The molecule has 0 saturated carbocycles. The largest absolute Gasteiger partial charge is 0.491 e. The van der Waals surface area contributed by atoms with E-state index in [9.17, 15) is 43.8 Å². The molecule has 3 aromatic carbocycles. The second kappa shape index (κ2) is 38.9. The number of amides is 11. The molecule has 28 heteroatoms. The van der Waals surface area contributed by atoms with Crippen LogP contribution in [-0.4, -0.2) is 263 Å². The number of likely N-dealkylation sites (tertiary alicyclic amines) is 1. The minimum Gasteiger partial charge on any atom is -0.491 e. The molecule has 0 aromatic heterocycles. The maximum Gasteiger partial charge on any atom is 0.248 e. The van der Waals surface area contributed by atoms with Crippen molar-refractivity contribution in [1.82, 2.24) is 60.9 Å². The summed E-state index contributed by atoms with van der Waals surface area (Å²) in [5.41, 5.74) is 0.370. The number of carbonyl (C=O) groups is 11. The lowest BCUT2D eigenvalue weighted by atomic mass is 9.97. The first-order valence-corrected chi connectivity index (χ1v) is 35.5. The summed E-state index contributed by atoms with van der Waals surface area (Å²) in [7, 11) is 8.20. The molecule has 564 valence electrons. The van der Waals surface area contributed by atoms with Gasteiger partial charge in [-0.3, -0.25) is 57.6 Å². The summed E-state index contributed by atoms with van der Waals surface area (Å²) in [6.07, 6.45) is -1.99. The van der Waals surface area contributed by atoms with Gasteiger partial charge in [0.1, 0.15) is 73.0 Å². The molecule has 27 nitrogen and oxygen atoms in total. The van der Waals surface area contributed by atoms with Crippen LogP contribution in [0.15, 0.2) is 84.9 Å². The number of piperidine rings is 1. The van der Waals surface area contributed by atoms with Crippen molar-refractivity contribution >= 4 is 76.6 Å². The molecule has 5 rings (SSSR count). The highest BCUT2D eigenvalue weighted by atomic mass is 35.5. The molecule has 2 aliphatic heterocycles. The highest BCUT2D eigenvalue weighted by Crippen LogP contribution is 2.24. The summed E-state index contributed by atoms with van der Waals surface area (Å²) in [4.78, 5) is 172. The van der Waals surface area contributed by atoms with E-state index in [1.807, 2.05) is 13.8 Å². The van der Waals surface area contributed by atoms with Gasteiger partial charge in [0.2, 0.25) is 65.0 Å². The van der Waals surface area contributed by atoms with Crippen LogP contribution in [0.3, 0.4) is 0 Å². The number of benzene rings is 3. The fourth-order valence-electron chi connectivity index (χ4n) is 12.7. The molecule has 3 aromatic rings. The van der Waals surface area contributed by atoms with Gasteiger partial charge < -0.3 is 75.7 Å². The van der Waals surface area contributed by atoms with E-state index in [0.717, 1.165) is 21.1 Å². The van der Waals surface area contributed by atoms with Gasteiger partial charge in [0.05, 0.1) is 37.3 Å². The van der Waals surface area contributed by atoms with Crippen molar-refractivity contribution < 1.29 is 72.4 Å². The molecule has 0 aliphatic carbocycles. The third-order valence-electron chi connectivity index (χ3n) is 18.5. The number of halogens is 1. The Hall–Kier alpha value is -8.24. The highest BCUT2D eigenvalue weighted by molar-refractivity contribution is 6.30. The highest BCUT2D eigenvalue weighted by Gasteiger charge is 2.44. The zero-order valence-electron chi connectivity index (χ0n) is 62.4. The molecule has 102 heavy (non-hydrogen) atoms. The molecule has 2 unspecified atom stereocenters. The Bertz CT molecular complexity index is 3330. The Morgan fingerprint density at radius 2 is 1.15 bits per heavy atom. The molecule has 2 saturated heterocycles. The lowest BCUT2D eigenvalue weighted by Crippen LogP contribution is -2.64. The molecule has 2 heterocycles. The predicted molar refractivity (Wildman–Crippen MR) is 386 cm³/mol. The number of likely N-dealkylation sites (N-methyl/N-ethyl adjacent to an activating group) is 6. The smallest absolute Gasteiger partial charge is 0.248 e. The van der Waals surface area contributed by atoms with Gasteiger partial charge in [-0.25, -0.2) is 0 Å². The van der Waals surface area contributed by atoms with Crippen LogP contribution in [0.2, 0.25) is 5.02 Å². The van der Waals surface area contributed by atoms with E-state index < -0.39 is 181 Å². The van der Waals surface area contributed by atoms with Crippen molar-refractivity contribution in [1.29, 1.82) is 0 Å². The zero-order valence-corrected chi connectivity index (χ0v) is 63.2. The Morgan fingerprint density at radius 3 is 1.69 bits per heavy atom. The number of carbonyl (C=O) groups excluding carboxylic acids is 11. The summed E-state index contributed by atoms with van der Waals surface area (Å²) >= 11 is 6.34. The van der Waals surface area contributed by atoms with Crippen molar-refractivity contribution in [2.75, 3.05) is 75.1 Å². The Balaban J connectivity index is 1.68. The maximum absolute atomic E-state index is 15.5. The molecule has 2 fully saturated rings. The molecular formula is C74H111ClN12O15. The normalized spacial score (nSPS) is 25.6. The number of aliphatic hydroxyl groups excluding tert-OH is 2. The summed E-state index contributed by atoms with van der Waals surface area (Å²) in [5, 5.41) is 37.9. The van der Waals surface area contributed by atoms with E-state index in [1.54, 1.807) is 132 Å². The number of rotatable bonds is 15. The second-order valence-corrected chi connectivity index (χ2v) is 29.5. The van der Waals surface area contributed by atoms with Gasteiger partial charge in [0, 0.05) is 66.2 Å². The number of nitrogens with one attached hydrogen (secondary N) is 5. The maximum atomic E-state index is 15.5. The van der Waals surface area contributed by atoms with Gasteiger partial charge in [-0.2, -0.15) is 0 Å². The van der Waals surface area contributed by atoms with Crippen LogP contribution in [0.5, 0.6) is 5.75 Å². The summed E-state index contributed by atoms with van der Waals surface area (Å²) in [5.74, 6) is -9.85. The van der Waals surface area contributed by atoms with Crippen LogP contribution in [-0.2, 0) is 70.3 Å². The average Bonchev–Trinajstić information content (AvgIpc) is 0.817. The average molecular weight is 1440 g/mol. The minimum absolute atomic E-state index is 0.0556. The van der Waals surface area contributed by atoms with Crippen LogP contribution in [0.1, 0.15) is 119 Å². The van der Waals surface area contributed by atoms with Crippen LogP contribution in [0, 0.1) is 17.8 Å². The van der Waals surface area contributed by atoms with E-state index in [-0.39, 0.29) is 30.9 Å². The molecule has 2 aliphatic rings. The van der Waals surface area contributed by atoms with Crippen molar-refractivity contribution in [3.63, 3.8) is 0 Å². The summed E-state index contributed by atoms with van der Waals surface area (Å²) < 4.78 is 12.3. The van der Waals surface area contributed by atoms with Crippen LogP contribution in [0.25, 0.3) is 0 Å². The topological polar surface area (TPSA) is 330 Å². The molecule has 0 bridgehead atoms. The molecule has 0 spiro atoms. The number of hydrogen-bond donors (Lipinski definition) is 7. The van der Waals surface area contributed by atoms with Crippen molar-refractivity contribution in [2.45, 2.75) is 199 Å². The first-order chi connectivity index (χ1) is 47.8. The van der Waals surface area contributed by atoms with Crippen LogP contribution >= 0.6 is 11.6 Å². The quantitative estimate of drug-likeness (QED) is 0.115. The van der Waals surface area contributed by atoms with E-state index in [1.165, 1.54) is 76.9 Å². The summed E-state index contributed by atoms with van der Waals surface area (Å²) in [6, 6.07) is 9.76. The fraction of sp³-hybridized carbons (Fsp3) is 0.608. The molecule has 11 amide bonds. The second-order valence-electron chi connectivity index (χ2n) is 29.1. The van der Waals surface area contributed by atoms with Crippen molar-refractivity contribution in [3.05, 3.63) is 101 Å². The number of nitrogens with zero attached hydrogens (tertiary/aromatic N) is 7. The van der Waals surface area contributed by atoms with Gasteiger partial charge >= 0.3 is 0 Å². The van der Waals surface area contributed by atoms with E-state index in [4.69, 9.17) is 21.1 Å². The first kappa shape index (κ1) is 84.4. The third-order valence-corrected chi connectivity index (χ3v) is 18.7. The number of aliphatic hydroxyl groups is 2.